The molecule has 0 aromatic rings. The van der Waals surface area contributed by atoms with Crippen molar-refractivity contribution in [2.75, 3.05) is 6.61 Å². The van der Waals surface area contributed by atoms with E-state index in [4.69, 9.17) is 4.43 Å². The molecule has 63 valence electrons. The van der Waals surface area contributed by atoms with Crippen LogP contribution < -0.4 is 0 Å². The van der Waals surface area contributed by atoms with E-state index in [2.05, 4.69) is 6.58 Å². The molecule has 0 fully saturated rings. The molecular weight excluding hydrogens is 191 g/mol. The molecule has 0 saturated carbocycles. The quantitative estimate of drug-likeness (QED) is 0.494. The molecule has 0 rings (SSSR count). The predicted molar refractivity (Wildman–Crippen MR) is 40.5 cm³/mol. The molecular formula is C6H14CoO2Si. The van der Waals surface area contributed by atoms with Gasteiger partial charge in [-0.25, -0.2) is 0 Å². The van der Waals surface area contributed by atoms with Gasteiger partial charge in [0.25, 0.3) is 0 Å². The maximum atomic E-state index is 11.0. The van der Waals surface area contributed by atoms with E-state index in [0.717, 1.165) is 16.1 Å². The molecule has 0 amide bonds. The molecule has 10 heavy (non-hydrogen) atoms. The summed E-state index contributed by atoms with van der Waals surface area (Å²) in [5, 5.41) is 0. The molecule has 0 radical (unpaired) electrons. The van der Waals surface area contributed by atoms with E-state index in [1.165, 1.54) is 0 Å². The van der Waals surface area contributed by atoms with E-state index in [-0.39, 0.29) is 0 Å². The number of allylic oxidation sites excluding steroid dienone is 1. The molecule has 0 aliphatic heterocycles. The van der Waals surface area contributed by atoms with Crippen molar-refractivity contribution in [1.82, 2.24) is 0 Å². The normalized spacial score (nSPS) is 12.4. The van der Waals surface area contributed by atoms with Gasteiger partial charge in [0.15, 0.2) is 0 Å². The molecule has 0 heterocycles. The Hall–Kier alpha value is 0.223. The van der Waals surface area contributed by atoms with Crippen LogP contribution in [-0.2, 0) is 21.9 Å². The molecule has 0 atom stereocenters. The van der Waals surface area contributed by atoms with Crippen molar-refractivity contribution in [3.8, 4) is 0 Å². The zero-order chi connectivity index (χ0) is 7.98. The molecule has 0 aromatic carbocycles. The summed E-state index contributed by atoms with van der Waals surface area (Å²) in [4.78, 5) is 0.746. The Balaban J connectivity index is 3.31. The van der Waals surface area contributed by atoms with Crippen LogP contribution >= 0.6 is 0 Å². The fourth-order valence-corrected chi connectivity index (χ4v) is 3.55. The van der Waals surface area contributed by atoms with E-state index in [0.29, 0.717) is 0 Å². The predicted octanol–water partition coefficient (Wildman–Crippen LogP) is 0.980. The average Bonchev–Trinajstić information content (AvgIpc) is 1.88. The topological polar surface area (TPSA) is 26.3 Å². The summed E-state index contributed by atoms with van der Waals surface area (Å²) in [7, 11) is -0.525. The third kappa shape index (κ3) is 5.04. The van der Waals surface area contributed by atoms with Crippen molar-refractivity contribution in [3.63, 3.8) is 0 Å². The Morgan fingerprint density at radius 2 is 2.40 bits per heavy atom. The first-order chi connectivity index (χ1) is 4.68. The SMILES string of the molecule is C=[C](C)[Co](=[O])[CH2][SiH2]OCC. The zero-order valence-electron chi connectivity index (χ0n) is 6.48. The van der Waals surface area contributed by atoms with Crippen LogP contribution in [0.15, 0.2) is 11.1 Å². The van der Waals surface area contributed by atoms with Crippen LogP contribution in [-0.4, -0.2) is 16.4 Å². The van der Waals surface area contributed by atoms with Gasteiger partial charge in [0, 0.05) is 0 Å². The van der Waals surface area contributed by atoms with Crippen molar-refractivity contribution in [1.29, 1.82) is 0 Å². The van der Waals surface area contributed by atoms with Gasteiger partial charge < -0.3 is 0 Å². The van der Waals surface area contributed by atoms with Gasteiger partial charge in [-0.3, -0.25) is 0 Å². The van der Waals surface area contributed by atoms with Crippen LogP contribution in [0.5, 0.6) is 0 Å². The van der Waals surface area contributed by atoms with E-state index in [1.807, 2.05) is 6.92 Å². The Morgan fingerprint density at radius 1 is 1.80 bits per heavy atom. The van der Waals surface area contributed by atoms with Crippen LogP contribution in [0.3, 0.4) is 0 Å². The molecule has 4 heteroatoms. The van der Waals surface area contributed by atoms with Crippen molar-refractivity contribution < 1.29 is 21.9 Å². The maximum absolute atomic E-state index is 11.0. The summed E-state index contributed by atoms with van der Waals surface area (Å²) >= 11 is -1.14. The summed E-state index contributed by atoms with van der Waals surface area (Å²) in [5.74, 6) is 0. The Kier molecular flexibility index (Phi) is 6.10. The molecule has 0 saturated heterocycles. The summed E-state index contributed by atoms with van der Waals surface area (Å²) in [6.07, 6.45) is 0. The van der Waals surface area contributed by atoms with Gasteiger partial charge in [0.05, 0.1) is 0 Å². The molecule has 0 N–H and O–H groups in total. The Morgan fingerprint density at radius 3 is 2.80 bits per heavy atom. The van der Waals surface area contributed by atoms with E-state index >= 15 is 0 Å². The van der Waals surface area contributed by atoms with Crippen LogP contribution in [0.4, 0.5) is 0 Å². The third-order valence-corrected chi connectivity index (χ3v) is 5.07. The first-order valence-electron chi connectivity index (χ1n) is 3.18. The molecule has 0 aliphatic rings. The molecule has 0 unspecified atom stereocenters. The van der Waals surface area contributed by atoms with Crippen LogP contribution in [0.25, 0.3) is 0 Å². The molecule has 0 spiro atoms. The van der Waals surface area contributed by atoms with E-state index in [1.54, 1.807) is 6.92 Å². The van der Waals surface area contributed by atoms with Crippen molar-refractivity contribution in [2.45, 2.75) is 18.8 Å². The van der Waals surface area contributed by atoms with Gasteiger partial charge in [-0.05, 0) is 0 Å². The molecule has 0 aliphatic carbocycles. The summed E-state index contributed by atoms with van der Waals surface area (Å²) in [6.45, 7) is 8.13. The van der Waals surface area contributed by atoms with E-state index < -0.39 is 23.3 Å². The minimum atomic E-state index is -1.14. The van der Waals surface area contributed by atoms with Crippen molar-refractivity contribution in [3.05, 3.63) is 11.1 Å². The Labute approximate surface area is 68.6 Å². The Bertz CT molecular complexity index is 136. The number of rotatable bonds is 5. The summed E-state index contributed by atoms with van der Waals surface area (Å²) < 4.78 is 17.0. The second-order valence-electron chi connectivity index (χ2n) is 1.78. The average molecular weight is 205 g/mol. The zero-order valence-corrected chi connectivity index (χ0v) is 8.93. The second-order valence-corrected chi connectivity index (χ2v) is 6.26. The van der Waals surface area contributed by atoms with Crippen LogP contribution in [0, 0.1) is 0 Å². The van der Waals surface area contributed by atoms with Gasteiger partial charge in [0.1, 0.15) is 0 Å². The van der Waals surface area contributed by atoms with Crippen molar-refractivity contribution in [2.24, 2.45) is 0 Å². The monoisotopic (exact) mass is 205 g/mol. The first-order valence-corrected chi connectivity index (χ1v) is 6.44. The molecule has 2 nitrogen and oxygen atoms in total. The molecule has 0 bridgehead atoms. The van der Waals surface area contributed by atoms with Gasteiger partial charge in [0.2, 0.25) is 0 Å². The van der Waals surface area contributed by atoms with E-state index in [9.17, 15) is 3.87 Å². The van der Waals surface area contributed by atoms with Gasteiger partial charge >= 0.3 is 68.2 Å². The first kappa shape index (κ1) is 10.2. The van der Waals surface area contributed by atoms with Crippen molar-refractivity contribution >= 4 is 9.76 Å². The summed E-state index contributed by atoms with van der Waals surface area (Å²) in [5.41, 5.74) is 0. The minimum absolute atomic E-state index is 0.525. The number of hydrogen-bond donors (Lipinski definition) is 0. The summed E-state index contributed by atoms with van der Waals surface area (Å²) in [6, 6.07) is 0. The third-order valence-electron chi connectivity index (χ3n) is 0.885. The molecule has 0 aromatic heterocycles. The van der Waals surface area contributed by atoms with Gasteiger partial charge in [-0.2, -0.15) is 0 Å². The van der Waals surface area contributed by atoms with Gasteiger partial charge in [-0.1, -0.05) is 0 Å². The van der Waals surface area contributed by atoms with Crippen LogP contribution in [0.2, 0.25) is 4.98 Å². The fourth-order valence-electron chi connectivity index (χ4n) is 0.397. The standard InChI is InChI=1S/C3H9OSi.C3H5.Co.O/c1-3-4-5-2;1-3-2;;/h2-3,5H2,1H3;1H2,2H3;;. The second kappa shape index (κ2) is 5.97. The fraction of sp³-hybridized carbons (Fsp3) is 0.667. The van der Waals surface area contributed by atoms with Crippen LogP contribution in [0.1, 0.15) is 13.8 Å². The van der Waals surface area contributed by atoms with Gasteiger partial charge in [-0.15, -0.1) is 0 Å². The number of hydrogen-bond acceptors (Lipinski definition) is 2.